The van der Waals surface area contributed by atoms with Crippen molar-refractivity contribution in [2.24, 2.45) is 0 Å². The smallest absolute Gasteiger partial charge is 0.358 e. The Kier molecular flexibility index (Phi) is 2.57. The van der Waals surface area contributed by atoms with Crippen molar-refractivity contribution in [3.8, 4) is 11.3 Å². The fourth-order valence-electron chi connectivity index (χ4n) is 1.25. The van der Waals surface area contributed by atoms with Crippen molar-refractivity contribution >= 4 is 17.6 Å². The largest absolute Gasteiger partial charge is 0.476 e. The number of aromatic carboxylic acids is 1. The number of H-pyrrole nitrogens is 1. The van der Waals surface area contributed by atoms with Crippen molar-refractivity contribution in [2.75, 3.05) is 0 Å². The van der Waals surface area contributed by atoms with Gasteiger partial charge < -0.3 is 5.11 Å². The van der Waals surface area contributed by atoms with E-state index < -0.39 is 11.8 Å². The molecule has 1 aromatic heterocycles. The molecule has 0 atom stereocenters. The highest BCUT2D eigenvalue weighted by atomic mass is 35.5. The van der Waals surface area contributed by atoms with Gasteiger partial charge in [-0.05, 0) is 12.1 Å². The first-order chi connectivity index (χ1) is 7.61. The lowest BCUT2D eigenvalue weighted by Crippen LogP contribution is -2.00. The van der Waals surface area contributed by atoms with E-state index in [0.717, 1.165) is 0 Å². The van der Waals surface area contributed by atoms with Crippen molar-refractivity contribution in [3.63, 3.8) is 0 Å². The van der Waals surface area contributed by atoms with E-state index in [9.17, 15) is 9.18 Å². The van der Waals surface area contributed by atoms with E-state index in [4.69, 9.17) is 16.7 Å². The summed E-state index contributed by atoms with van der Waals surface area (Å²) in [6.07, 6.45) is 0. The molecule has 0 fully saturated rings. The van der Waals surface area contributed by atoms with Gasteiger partial charge in [0.2, 0.25) is 0 Å². The Morgan fingerprint density at radius 1 is 1.44 bits per heavy atom. The minimum atomic E-state index is -1.29. The molecule has 0 saturated carbocycles. The average molecular weight is 242 g/mol. The molecule has 1 heterocycles. The van der Waals surface area contributed by atoms with Crippen LogP contribution < -0.4 is 0 Å². The van der Waals surface area contributed by atoms with Crippen molar-refractivity contribution in [1.29, 1.82) is 0 Å². The van der Waals surface area contributed by atoms with Crippen LogP contribution in [0.15, 0.2) is 18.2 Å². The number of carboxylic acids is 1. The maximum atomic E-state index is 13.6. The fourth-order valence-corrected chi connectivity index (χ4v) is 1.43. The molecule has 1 aromatic carbocycles. The van der Waals surface area contributed by atoms with Crippen LogP contribution in [0.25, 0.3) is 11.3 Å². The van der Waals surface area contributed by atoms with Gasteiger partial charge in [-0.15, -0.1) is 5.10 Å². The number of nitrogens with zero attached hydrogens (tertiary/aromatic N) is 2. The third kappa shape index (κ3) is 1.63. The summed E-state index contributed by atoms with van der Waals surface area (Å²) in [6.45, 7) is 0. The highest BCUT2D eigenvalue weighted by molar-refractivity contribution is 6.31. The van der Waals surface area contributed by atoms with Crippen molar-refractivity contribution < 1.29 is 14.3 Å². The van der Waals surface area contributed by atoms with E-state index in [0.29, 0.717) is 0 Å². The molecular formula is C9H5ClFN3O2. The summed E-state index contributed by atoms with van der Waals surface area (Å²) in [7, 11) is 0. The maximum Gasteiger partial charge on any atom is 0.358 e. The molecule has 0 aliphatic heterocycles. The number of hydrogen-bond donors (Lipinski definition) is 2. The minimum absolute atomic E-state index is 0.00125. The number of carbonyl (C=O) groups is 1. The van der Waals surface area contributed by atoms with Crippen molar-refractivity contribution in [1.82, 2.24) is 15.4 Å². The summed E-state index contributed by atoms with van der Waals surface area (Å²) in [5, 5.41) is 17.8. The Hall–Kier alpha value is -1.95. The highest BCUT2D eigenvalue weighted by Crippen LogP contribution is 2.27. The number of benzene rings is 1. The van der Waals surface area contributed by atoms with E-state index in [1.165, 1.54) is 18.2 Å². The molecule has 0 spiro atoms. The van der Waals surface area contributed by atoms with E-state index >= 15 is 0 Å². The lowest BCUT2D eigenvalue weighted by molar-refractivity contribution is 0.0691. The number of aromatic amines is 1. The Bertz CT molecular complexity index is 555. The first kappa shape index (κ1) is 10.6. The Morgan fingerprint density at radius 2 is 2.19 bits per heavy atom. The van der Waals surface area contributed by atoms with Crippen molar-refractivity contribution in [3.05, 3.63) is 34.7 Å². The fraction of sp³-hybridized carbons (Fsp3) is 0. The summed E-state index contributed by atoms with van der Waals surface area (Å²) < 4.78 is 13.6. The van der Waals surface area contributed by atoms with Crippen LogP contribution in [0.4, 0.5) is 4.39 Å². The number of hydrogen-bond acceptors (Lipinski definition) is 3. The minimum Gasteiger partial charge on any atom is -0.476 e. The molecule has 5 nitrogen and oxygen atoms in total. The Balaban J connectivity index is 2.63. The van der Waals surface area contributed by atoms with Crippen LogP contribution in [-0.4, -0.2) is 26.5 Å². The second-order valence-electron chi connectivity index (χ2n) is 2.93. The zero-order valence-electron chi connectivity index (χ0n) is 7.74. The molecule has 0 bridgehead atoms. The highest BCUT2D eigenvalue weighted by Gasteiger charge is 2.20. The zero-order valence-corrected chi connectivity index (χ0v) is 8.49. The predicted molar refractivity (Wildman–Crippen MR) is 53.7 cm³/mol. The zero-order chi connectivity index (χ0) is 11.7. The van der Waals surface area contributed by atoms with E-state index in [1.807, 2.05) is 0 Å². The molecule has 82 valence electrons. The van der Waals surface area contributed by atoms with Gasteiger partial charge in [0.25, 0.3) is 0 Å². The third-order valence-corrected chi connectivity index (χ3v) is 2.25. The molecule has 0 aliphatic carbocycles. The second-order valence-corrected chi connectivity index (χ2v) is 3.33. The molecular weight excluding hydrogens is 237 g/mol. The summed E-state index contributed by atoms with van der Waals surface area (Å²) in [5.74, 6) is -2.01. The quantitative estimate of drug-likeness (QED) is 0.842. The summed E-state index contributed by atoms with van der Waals surface area (Å²) >= 11 is 5.58. The van der Waals surface area contributed by atoms with Gasteiger partial charge in [0.15, 0.2) is 11.5 Å². The molecule has 0 amide bonds. The monoisotopic (exact) mass is 241 g/mol. The molecule has 16 heavy (non-hydrogen) atoms. The molecule has 2 rings (SSSR count). The van der Waals surface area contributed by atoms with Gasteiger partial charge in [-0.25, -0.2) is 9.18 Å². The van der Waals surface area contributed by atoms with Crippen LogP contribution in [0, 0.1) is 5.82 Å². The number of rotatable bonds is 2. The van der Waals surface area contributed by atoms with Crippen LogP contribution >= 0.6 is 11.6 Å². The first-order valence-electron chi connectivity index (χ1n) is 4.19. The first-order valence-corrected chi connectivity index (χ1v) is 4.57. The van der Waals surface area contributed by atoms with Gasteiger partial charge in [0.05, 0.1) is 5.02 Å². The number of nitrogens with one attached hydrogen (secondary N) is 1. The maximum absolute atomic E-state index is 13.6. The summed E-state index contributed by atoms with van der Waals surface area (Å²) in [5.41, 5.74) is -0.424. The number of aromatic nitrogens is 3. The molecule has 0 unspecified atom stereocenters. The molecule has 2 aromatic rings. The van der Waals surface area contributed by atoms with Crippen molar-refractivity contribution in [2.45, 2.75) is 0 Å². The molecule has 0 aliphatic rings. The Labute approximate surface area is 93.9 Å². The summed E-state index contributed by atoms with van der Waals surface area (Å²) in [6, 6.07) is 4.24. The van der Waals surface area contributed by atoms with Crippen LogP contribution in [0.5, 0.6) is 0 Å². The molecule has 0 saturated heterocycles. The lowest BCUT2D eigenvalue weighted by atomic mass is 10.1. The topological polar surface area (TPSA) is 78.9 Å². The Morgan fingerprint density at radius 3 is 2.88 bits per heavy atom. The van der Waals surface area contributed by atoms with Crippen LogP contribution in [0.3, 0.4) is 0 Å². The number of carboxylic acid groups (broad SMARTS) is 1. The van der Waals surface area contributed by atoms with E-state index in [2.05, 4.69) is 15.4 Å². The van der Waals surface area contributed by atoms with Crippen LogP contribution in [-0.2, 0) is 0 Å². The summed E-state index contributed by atoms with van der Waals surface area (Å²) in [4.78, 5) is 10.8. The van der Waals surface area contributed by atoms with Gasteiger partial charge in [-0.1, -0.05) is 17.7 Å². The lowest BCUT2D eigenvalue weighted by Gasteiger charge is -2.01. The van der Waals surface area contributed by atoms with E-state index in [1.54, 1.807) is 0 Å². The number of halogens is 2. The van der Waals surface area contributed by atoms with Gasteiger partial charge in [0, 0.05) is 5.56 Å². The standard InChI is InChI=1S/C9H5ClFN3O2/c10-5-3-1-2-4(6(5)11)7-8(9(15)16)13-14-12-7/h1-3H,(H,15,16)(H,12,13,14). The SMILES string of the molecule is O=C(O)c1n[nH]nc1-c1cccc(Cl)c1F. The van der Waals surface area contributed by atoms with E-state index in [-0.39, 0.29) is 22.0 Å². The van der Waals surface area contributed by atoms with Gasteiger partial charge in [-0.2, -0.15) is 10.3 Å². The normalized spacial score (nSPS) is 10.4. The third-order valence-electron chi connectivity index (χ3n) is 1.96. The average Bonchev–Trinajstić information content (AvgIpc) is 2.70. The van der Waals surface area contributed by atoms with Crippen LogP contribution in [0.1, 0.15) is 10.5 Å². The van der Waals surface area contributed by atoms with Gasteiger partial charge in [-0.3, -0.25) is 0 Å². The van der Waals surface area contributed by atoms with Crippen LogP contribution in [0.2, 0.25) is 5.02 Å². The molecule has 2 N–H and O–H groups in total. The second kappa shape index (κ2) is 3.90. The predicted octanol–water partition coefficient (Wildman–Crippen LogP) is 1.96. The molecule has 7 heteroatoms. The van der Waals surface area contributed by atoms with Gasteiger partial charge in [0.1, 0.15) is 5.69 Å². The molecule has 0 radical (unpaired) electrons. The van der Waals surface area contributed by atoms with Gasteiger partial charge >= 0.3 is 5.97 Å².